The molecule has 0 bridgehead atoms. The van der Waals surface area contributed by atoms with Crippen LogP contribution in [-0.4, -0.2) is 33.9 Å². The standard InChI is InChI=1S/C7H7N3O2/c11-7(12)10-4-3-9-5-8-2-1-6(9)10/h1-4H,5H2,(H,11,12). The van der Waals surface area contributed by atoms with Gasteiger partial charge in [0.2, 0.25) is 0 Å². The molecule has 5 nitrogen and oxygen atoms in total. The zero-order valence-corrected chi connectivity index (χ0v) is 6.21. The maximum atomic E-state index is 10.6. The van der Waals surface area contributed by atoms with E-state index in [1.54, 1.807) is 23.4 Å². The first kappa shape index (κ1) is 6.90. The highest BCUT2D eigenvalue weighted by molar-refractivity contribution is 5.77. The van der Waals surface area contributed by atoms with E-state index < -0.39 is 6.09 Å². The van der Waals surface area contributed by atoms with Crippen LogP contribution in [0.5, 0.6) is 0 Å². The molecule has 5 heteroatoms. The van der Waals surface area contributed by atoms with Gasteiger partial charge in [-0.15, -0.1) is 0 Å². The summed E-state index contributed by atoms with van der Waals surface area (Å²) in [6.45, 7) is 0.492. The maximum absolute atomic E-state index is 10.6. The Hall–Kier alpha value is -1.78. The van der Waals surface area contributed by atoms with E-state index in [9.17, 15) is 4.79 Å². The van der Waals surface area contributed by atoms with Crippen LogP contribution in [0, 0.1) is 0 Å². The maximum Gasteiger partial charge on any atom is 0.417 e. The first-order valence-corrected chi connectivity index (χ1v) is 3.46. The van der Waals surface area contributed by atoms with Crippen molar-refractivity contribution in [1.82, 2.24) is 9.80 Å². The quantitative estimate of drug-likeness (QED) is 0.573. The van der Waals surface area contributed by atoms with Gasteiger partial charge in [0.05, 0.1) is 0 Å². The van der Waals surface area contributed by atoms with E-state index in [1.165, 1.54) is 6.20 Å². The third-order valence-corrected chi connectivity index (χ3v) is 1.71. The number of aliphatic imine (C=N–C) groups is 1. The van der Waals surface area contributed by atoms with Crippen LogP contribution in [0.3, 0.4) is 0 Å². The molecule has 2 rings (SSSR count). The Morgan fingerprint density at radius 3 is 3.17 bits per heavy atom. The average Bonchev–Trinajstić information content (AvgIpc) is 2.47. The van der Waals surface area contributed by atoms with Crippen molar-refractivity contribution in [2.24, 2.45) is 4.99 Å². The van der Waals surface area contributed by atoms with Gasteiger partial charge in [-0.1, -0.05) is 0 Å². The first-order chi connectivity index (χ1) is 5.79. The molecule has 0 unspecified atom stereocenters. The molecule has 62 valence electrons. The Morgan fingerprint density at radius 2 is 2.42 bits per heavy atom. The van der Waals surface area contributed by atoms with Crippen LogP contribution in [0.15, 0.2) is 29.3 Å². The van der Waals surface area contributed by atoms with Crippen LogP contribution in [0.4, 0.5) is 4.79 Å². The predicted molar refractivity (Wildman–Crippen MR) is 42.3 cm³/mol. The van der Waals surface area contributed by atoms with Crippen LogP contribution < -0.4 is 0 Å². The number of rotatable bonds is 0. The van der Waals surface area contributed by atoms with Crippen molar-refractivity contribution >= 4 is 12.3 Å². The molecule has 0 saturated heterocycles. The smallest absolute Gasteiger partial charge is 0.417 e. The minimum Gasteiger partial charge on any atom is -0.464 e. The zero-order chi connectivity index (χ0) is 8.55. The van der Waals surface area contributed by atoms with E-state index in [1.807, 2.05) is 0 Å². The Labute approximate surface area is 68.9 Å². The molecule has 0 atom stereocenters. The number of fused-ring (bicyclic) bond motifs is 1. The van der Waals surface area contributed by atoms with Crippen molar-refractivity contribution < 1.29 is 9.90 Å². The van der Waals surface area contributed by atoms with E-state index in [2.05, 4.69) is 4.99 Å². The summed E-state index contributed by atoms with van der Waals surface area (Å²) < 4.78 is 0. The van der Waals surface area contributed by atoms with Crippen LogP contribution >= 0.6 is 0 Å². The lowest BCUT2D eigenvalue weighted by atomic mass is 10.5. The number of nitrogens with zero attached hydrogens (tertiary/aromatic N) is 3. The lowest BCUT2D eigenvalue weighted by molar-refractivity contribution is 0.168. The summed E-state index contributed by atoms with van der Waals surface area (Å²) in [5.74, 6) is 0.637. The number of amides is 1. The molecule has 2 aliphatic heterocycles. The number of allylic oxidation sites excluding steroid dienone is 1. The average molecular weight is 165 g/mol. The Morgan fingerprint density at radius 1 is 1.58 bits per heavy atom. The van der Waals surface area contributed by atoms with E-state index in [-0.39, 0.29) is 0 Å². The fourth-order valence-electron chi connectivity index (χ4n) is 1.15. The number of hydrogen-bond acceptors (Lipinski definition) is 3. The molecule has 0 aromatic rings. The molecule has 0 aliphatic carbocycles. The minimum absolute atomic E-state index is 0.492. The second-order valence-electron chi connectivity index (χ2n) is 2.42. The molecule has 0 aromatic carbocycles. The predicted octanol–water partition coefficient (Wildman–Crippen LogP) is 0.637. The Balaban J connectivity index is 2.30. The SMILES string of the molecule is O=C(O)N1C=CN2CN=CC=C21. The Kier molecular flexibility index (Phi) is 1.36. The molecular formula is C7H7N3O2. The topological polar surface area (TPSA) is 56.1 Å². The molecule has 2 aliphatic rings. The molecule has 2 heterocycles. The van der Waals surface area contributed by atoms with E-state index in [0.29, 0.717) is 12.5 Å². The monoisotopic (exact) mass is 165 g/mol. The van der Waals surface area contributed by atoms with Gasteiger partial charge in [-0.2, -0.15) is 0 Å². The summed E-state index contributed by atoms with van der Waals surface area (Å²) in [7, 11) is 0. The van der Waals surface area contributed by atoms with Crippen LogP contribution in [0.2, 0.25) is 0 Å². The van der Waals surface area contributed by atoms with Crippen LogP contribution in [-0.2, 0) is 0 Å². The van der Waals surface area contributed by atoms with Crippen molar-refractivity contribution in [2.45, 2.75) is 0 Å². The number of hydrogen-bond donors (Lipinski definition) is 1. The molecule has 0 fully saturated rings. The van der Waals surface area contributed by atoms with Crippen molar-refractivity contribution in [3.05, 3.63) is 24.3 Å². The summed E-state index contributed by atoms with van der Waals surface area (Å²) >= 11 is 0. The third-order valence-electron chi connectivity index (χ3n) is 1.71. The molecule has 0 spiro atoms. The number of carbonyl (C=O) groups is 1. The van der Waals surface area contributed by atoms with Gasteiger partial charge in [0.15, 0.2) is 0 Å². The largest absolute Gasteiger partial charge is 0.464 e. The van der Waals surface area contributed by atoms with Gasteiger partial charge < -0.3 is 10.0 Å². The van der Waals surface area contributed by atoms with Gasteiger partial charge in [-0.05, 0) is 6.08 Å². The number of carboxylic acid groups (broad SMARTS) is 1. The normalized spacial score (nSPS) is 19.5. The molecule has 1 N–H and O–H groups in total. The summed E-state index contributed by atoms with van der Waals surface area (Å²) in [5, 5.41) is 8.71. The molecule has 0 aromatic heterocycles. The fraction of sp³-hybridized carbons (Fsp3) is 0.143. The lowest BCUT2D eigenvalue weighted by Crippen LogP contribution is -2.28. The molecule has 0 radical (unpaired) electrons. The summed E-state index contributed by atoms with van der Waals surface area (Å²) in [6, 6.07) is 0. The highest BCUT2D eigenvalue weighted by Gasteiger charge is 2.24. The van der Waals surface area contributed by atoms with E-state index >= 15 is 0 Å². The molecular weight excluding hydrogens is 158 g/mol. The highest BCUT2D eigenvalue weighted by Crippen LogP contribution is 2.20. The second-order valence-corrected chi connectivity index (χ2v) is 2.42. The van der Waals surface area contributed by atoms with Gasteiger partial charge >= 0.3 is 6.09 Å². The Bertz CT molecular complexity index is 306. The van der Waals surface area contributed by atoms with Crippen molar-refractivity contribution in [2.75, 3.05) is 6.67 Å². The van der Waals surface area contributed by atoms with E-state index in [0.717, 1.165) is 4.90 Å². The second kappa shape index (κ2) is 2.37. The van der Waals surface area contributed by atoms with E-state index in [4.69, 9.17) is 5.11 Å². The molecule has 0 saturated carbocycles. The van der Waals surface area contributed by atoms with Gasteiger partial charge in [-0.25, -0.2) is 9.69 Å². The molecule has 1 amide bonds. The van der Waals surface area contributed by atoms with Gasteiger partial charge in [0, 0.05) is 18.6 Å². The lowest BCUT2D eigenvalue weighted by Gasteiger charge is -2.21. The zero-order valence-electron chi connectivity index (χ0n) is 6.21. The van der Waals surface area contributed by atoms with Crippen molar-refractivity contribution in [3.63, 3.8) is 0 Å². The van der Waals surface area contributed by atoms with Crippen LogP contribution in [0.1, 0.15) is 0 Å². The summed E-state index contributed by atoms with van der Waals surface area (Å²) in [4.78, 5) is 17.5. The van der Waals surface area contributed by atoms with Gasteiger partial charge in [0.1, 0.15) is 12.5 Å². The van der Waals surface area contributed by atoms with Crippen molar-refractivity contribution in [3.8, 4) is 0 Å². The van der Waals surface area contributed by atoms with Crippen molar-refractivity contribution in [1.29, 1.82) is 0 Å². The minimum atomic E-state index is -0.977. The summed E-state index contributed by atoms with van der Waals surface area (Å²) in [5.41, 5.74) is 0. The third kappa shape index (κ3) is 0.868. The summed E-state index contributed by atoms with van der Waals surface area (Å²) in [6.07, 6.45) is 5.49. The van der Waals surface area contributed by atoms with Gasteiger partial charge in [-0.3, -0.25) is 4.99 Å². The van der Waals surface area contributed by atoms with Crippen LogP contribution in [0.25, 0.3) is 0 Å². The first-order valence-electron chi connectivity index (χ1n) is 3.46. The molecule has 12 heavy (non-hydrogen) atoms. The fourth-order valence-corrected chi connectivity index (χ4v) is 1.15. The highest BCUT2D eigenvalue weighted by atomic mass is 16.4. The van der Waals surface area contributed by atoms with Gasteiger partial charge in [0.25, 0.3) is 0 Å².